The van der Waals surface area contributed by atoms with E-state index in [-0.39, 0.29) is 19.1 Å². The third kappa shape index (κ3) is 3.43. The van der Waals surface area contributed by atoms with Gasteiger partial charge in [0, 0.05) is 10.6 Å². The lowest BCUT2D eigenvalue weighted by atomic mass is 10.0. The molecule has 0 radical (unpaired) electrons. The number of carbonyl (C=O) groups excluding carboxylic acids is 1. The summed E-state index contributed by atoms with van der Waals surface area (Å²) >= 11 is 5.82. The molecule has 0 spiro atoms. The highest BCUT2D eigenvalue weighted by atomic mass is 35.5. The molecule has 0 aliphatic carbocycles. The summed E-state index contributed by atoms with van der Waals surface area (Å²) in [4.78, 5) is 12.0. The van der Waals surface area contributed by atoms with Crippen molar-refractivity contribution >= 4 is 17.5 Å². The van der Waals surface area contributed by atoms with E-state index in [0.717, 1.165) is 5.56 Å². The van der Waals surface area contributed by atoms with Gasteiger partial charge in [-0.05, 0) is 31.5 Å². The standard InChI is InChI=1S/C12H16ClNO3/c1-8-3-4-9(13)5-10(8)11(17)14-12(2,6-15)7-16/h3-5,15-16H,6-7H2,1-2H3,(H,14,17). The topological polar surface area (TPSA) is 69.6 Å². The van der Waals surface area contributed by atoms with Crippen LogP contribution in [0.25, 0.3) is 0 Å². The molecule has 1 amide bonds. The summed E-state index contributed by atoms with van der Waals surface area (Å²) in [5.41, 5.74) is 0.182. The number of hydrogen-bond acceptors (Lipinski definition) is 3. The molecule has 0 atom stereocenters. The van der Waals surface area contributed by atoms with Gasteiger partial charge in [-0.25, -0.2) is 0 Å². The maximum absolute atomic E-state index is 12.0. The fraction of sp³-hybridized carbons (Fsp3) is 0.417. The van der Waals surface area contributed by atoms with E-state index in [2.05, 4.69) is 5.32 Å². The van der Waals surface area contributed by atoms with Crippen LogP contribution in [0.3, 0.4) is 0 Å². The van der Waals surface area contributed by atoms with Crippen LogP contribution in [-0.2, 0) is 0 Å². The average molecular weight is 258 g/mol. The largest absolute Gasteiger partial charge is 0.394 e. The number of benzene rings is 1. The average Bonchev–Trinajstić information content (AvgIpc) is 2.32. The molecular weight excluding hydrogens is 242 g/mol. The molecule has 5 heteroatoms. The lowest BCUT2D eigenvalue weighted by Crippen LogP contribution is -2.51. The number of rotatable bonds is 4. The maximum Gasteiger partial charge on any atom is 0.252 e. The third-order valence-corrected chi connectivity index (χ3v) is 2.79. The summed E-state index contributed by atoms with van der Waals surface area (Å²) in [5, 5.41) is 21.3. The zero-order chi connectivity index (χ0) is 13.1. The van der Waals surface area contributed by atoms with E-state index in [1.54, 1.807) is 32.0 Å². The van der Waals surface area contributed by atoms with Crippen molar-refractivity contribution in [3.05, 3.63) is 34.3 Å². The highest BCUT2D eigenvalue weighted by Gasteiger charge is 2.25. The molecule has 0 aliphatic heterocycles. The lowest BCUT2D eigenvalue weighted by molar-refractivity contribution is 0.0723. The summed E-state index contributed by atoms with van der Waals surface area (Å²) in [7, 11) is 0. The molecule has 0 aromatic heterocycles. The van der Waals surface area contributed by atoms with Gasteiger partial charge in [0.05, 0.1) is 18.8 Å². The van der Waals surface area contributed by atoms with Gasteiger partial charge in [0.2, 0.25) is 0 Å². The minimum absolute atomic E-state index is 0.338. The van der Waals surface area contributed by atoms with E-state index in [1.165, 1.54) is 0 Å². The van der Waals surface area contributed by atoms with E-state index in [9.17, 15) is 4.79 Å². The van der Waals surface area contributed by atoms with Crippen molar-refractivity contribution in [3.8, 4) is 0 Å². The van der Waals surface area contributed by atoms with Gasteiger partial charge in [0.15, 0.2) is 0 Å². The normalized spacial score (nSPS) is 11.4. The summed E-state index contributed by atoms with van der Waals surface area (Å²) in [6.07, 6.45) is 0. The van der Waals surface area contributed by atoms with Crippen LogP contribution >= 0.6 is 11.6 Å². The summed E-state index contributed by atoms with van der Waals surface area (Å²) in [5.74, 6) is -0.365. The highest BCUT2D eigenvalue weighted by molar-refractivity contribution is 6.31. The smallest absolute Gasteiger partial charge is 0.252 e. The maximum atomic E-state index is 12.0. The quantitative estimate of drug-likeness (QED) is 0.757. The van der Waals surface area contributed by atoms with Gasteiger partial charge in [-0.15, -0.1) is 0 Å². The van der Waals surface area contributed by atoms with E-state index in [1.807, 2.05) is 0 Å². The predicted molar refractivity (Wildman–Crippen MR) is 66.2 cm³/mol. The number of aryl methyl sites for hydroxylation is 1. The van der Waals surface area contributed by atoms with E-state index in [0.29, 0.717) is 10.6 Å². The van der Waals surface area contributed by atoms with Crippen LogP contribution in [0.4, 0.5) is 0 Å². The van der Waals surface area contributed by atoms with E-state index in [4.69, 9.17) is 21.8 Å². The van der Waals surface area contributed by atoms with E-state index < -0.39 is 5.54 Å². The first kappa shape index (κ1) is 14.0. The Morgan fingerprint density at radius 1 is 1.41 bits per heavy atom. The van der Waals surface area contributed by atoms with Crippen LogP contribution in [0, 0.1) is 6.92 Å². The SMILES string of the molecule is Cc1ccc(Cl)cc1C(=O)NC(C)(CO)CO. The van der Waals surface area contributed by atoms with Crippen LogP contribution in [0.15, 0.2) is 18.2 Å². The van der Waals surface area contributed by atoms with Crippen molar-refractivity contribution in [1.82, 2.24) is 5.32 Å². The van der Waals surface area contributed by atoms with Gasteiger partial charge < -0.3 is 15.5 Å². The van der Waals surface area contributed by atoms with Crippen molar-refractivity contribution in [2.45, 2.75) is 19.4 Å². The number of carbonyl (C=O) groups is 1. The number of halogens is 1. The molecule has 1 aromatic carbocycles. The summed E-state index contributed by atoms with van der Waals surface area (Å²) in [6.45, 7) is 2.68. The first-order valence-corrected chi connectivity index (χ1v) is 5.60. The fourth-order valence-corrected chi connectivity index (χ4v) is 1.48. The molecule has 3 N–H and O–H groups in total. The molecule has 0 aliphatic rings. The number of aliphatic hydroxyl groups is 2. The van der Waals surface area contributed by atoms with Crippen LogP contribution in [0.1, 0.15) is 22.8 Å². The second-order valence-corrected chi connectivity index (χ2v) is 4.73. The molecule has 1 rings (SSSR count). The molecule has 0 fully saturated rings. The van der Waals surface area contributed by atoms with Crippen molar-refractivity contribution in [1.29, 1.82) is 0 Å². The molecule has 0 saturated carbocycles. The third-order valence-electron chi connectivity index (χ3n) is 2.56. The molecule has 1 aromatic rings. The van der Waals surface area contributed by atoms with Crippen molar-refractivity contribution < 1.29 is 15.0 Å². The van der Waals surface area contributed by atoms with Gasteiger partial charge in [0.1, 0.15) is 0 Å². The Labute approximate surface area is 105 Å². The second-order valence-electron chi connectivity index (χ2n) is 4.29. The Morgan fingerprint density at radius 2 is 2.00 bits per heavy atom. The Bertz CT molecular complexity index is 416. The minimum Gasteiger partial charge on any atom is -0.394 e. The first-order valence-electron chi connectivity index (χ1n) is 5.22. The molecule has 17 heavy (non-hydrogen) atoms. The Kier molecular flexibility index (Phi) is 4.51. The number of aliphatic hydroxyl groups excluding tert-OH is 2. The van der Waals surface area contributed by atoms with Gasteiger partial charge >= 0.3 is 0 Å². The zero-order valence-electron chi connectivity index (χ0n) is 9.83. The van der Waals surface area contributed by atoms with Gasteiger partial charge in [-0.3, -0.25) is 4.79 Å². The first-order chi connectivity index (χ1) is 7.91. The molecule has 0 heterocycles. The second kappa shape index (κ2) is 5.49. The van der Waals surface area contributed by atoms with Crippen LogP contribution in [-0.4, -0.2) is 34.9 Å². The molecule has 4 nitrogen and oxygen atoms in total. The summed E-state index contributed by atoms with van der Waals surface area (Å²) < 4.78 is 0. The van der Waals surface area contributed by atoms with Crippen LogP contribution < -0.4 is 5.32 Å². The number of nitrogens with one attached hydrogen (secondary N) is 1. The monoisotopic (exact) mass is 257 g/mol. The van der Waals surface area contributed by atoms with Crippen molar-refractivity contribution in [2.24, 2.45) is 0 Å². The summed E-state index contributed by atoms with van der Waals surface area (Å²) in [6, 6.07) is 5.00. The van der Waals surface area contributed by atoms with E-state index >= 15 is 0 Å². The Balaban J connectivity index is 2.94. The zero-order valence-corrected chi connectivity index (χ0v) is 10.6. The lowest BCUT2D eigenvalue weighted by Gasteiger charge is -2.26. The molecule has 0 unspecified atom stereocenters. The Hall–Kier alpha value is -1.10. The molecule has 0 bridgehead atoms. The van der Waals surface area contributed by atoms with Crippen LogP contribution in [0.5, 0.6) is 0 Å². The van der Waals surface area contributed by atoms with Gasteiger partial charge in [0.25, 0.3) is 5.91 Å². The van der Waals surface area contributed by atoms with Crippen LogP contribution in [0.2, 0.25) is 5.02 Å². The predicted octanol–water partition coefficient (Wildman–Crippen LogP) is 1.12. The minimum atomic E-state index is -1.04. The highest BCUT2D eigenvalue weighted by Crippen LogP contribution is 2.16. The van der Waals surface area contributed by atoms with Crippen molar-refractivity contribution in [2.75, 3.05) is 13.2 Å². The number of amides is 1. The molecule has 94 valence electrons. The van der Waals surface area contributed by atoms with Crippen molar-refractivity contribution in [3.63, 3.8) is 0 Å². The van der Waals surface area contributed by atoms with Gasteiger partial charge in [-0.1, -0.05) is 17.7 Å². The fourth-order valence-electron chi connectivity index (χ4n) is 1.31. The number of hydrogen-bond donors (Lipinski definition) is 3. The van der Waals surface area contributed by atoms with Gasteiger partial charge in [-0.2, -0.15) is 0 Å². The Morgan fingerprint density at radius 3 is 2.53 bits per heavy atom. The molecular formula is C12H16ClNO3. The molecule has 0 saturated heterocycles.